The summed E-state index contributed by atoms with van der Waals surface area (Å²) in [4.78, 5) is 48.0. The fourth-order valence-electron chi connectivity index (χ4n) is 2.34. The predicted molar refractivity (Wildman–Crippen MR) is 110 cm³/mol. The van der Waals surface area contributed by atoms with Gasteiger partial charge in [-0.2, -0.15) is 12.6 Å². The van der Waals surface area contributed by atoms with Crippen LogP contribution in [0.3, 0.4) is 0 Å². The highest BCUT2D eigenvalue weighted by molar-refractivity contribution is 7.80. The van der Waals surface area contributed by atoms with Gasteiger partial charge in [0.2, 0.25) is 17.7 Å². The molecule has 1 rings (SSSR count). The van der Waals surface area contributed by atoms with E-state index in [1.54, 1.807) is 30.3 Å². The minimum absolute atomic E-state index is 0.0753. The van der Waals surface area contributed by atoms with Crippen LogP contribution in [-0.2, 0) is 25.6 Å². The van der Waals surface area contributed by atoms with Crippen molar-refractivity contribution < 1.29 is 34.5 Å². The molecular weight excluding hydrogens is 416 g/mol. The zero-order valence-electron chi connectivity index (χ0n) is 16.0. The van der Waals surface area contributed by atoms with Crippen molar-refractivity contribution in [1.29, 1.82) is 0 Å². The number of hydrogen-bond donors (Lipinski definition) is 8. The molecule has 0 saturated carbocycles. The summed E-state index contributed by atoms with van der Waals surface area (Å²) in [5.74, 6) is -3.97. The Morgan fingerprint density at radius 3 is 1.90 bits per heavy atom. The number of benzene rings is 1. The summed E-state index contributed by atoms with van der Waals surface area (Å²) in [7, 11) is 0. The number of carbonyl (C=O) groups excluding carboxylic acids is 3. The number of carbonyl (C=O) groups is 4. The van der Waals surface area contributed by atoms with E-state index in [1.165, 1.54) is 0 Å². The summed E-state index contributed by atoms with van der Waals surface area (Å²) in [6.45, 7) is -1.45. The van der Waals surface area contributed by atoms with E-state index >= 15 is 0 Å². The van der Waals surface area contributed by atoms with Crippen LogP contribution in [0.15, 0.2) is 30.3 Å². The molecule has 1 aromatic carbocycles. The van der Waals surface area contributed by atoms with Gasteiger partial charge < -0.3 is 37.0 Å². The molecule has 0 heterocycles. The van der Waals surface area contributed by atoms with E-state index in [1.807, 2.05) is 0 Å². The zero-order chi connectivity index (χ0) is 22.7. The molecule has 1 aromatic rings. The molecule has 0 aliphatic carbocycles. The number of aliphatic hydroxyl groups excluding tert-OH is 2. The molecule has 0 saturated heterocycles. The lowest BCUT2D eigenvalue weighted by Gasteiger charge is -2.24. The van der Waals surface area contributed by atoms with Crippen LogP contribution in [0.25, 0.3) is 0 Å². The van der Waals surface area contributed by atoms with Crippen molar-refractivity contribution in [3.8, 4) is 0 Å². The Kier molecular flexibility index (Phi) is 10.8. The molecule has 0 fully saturated rings. The maximum Gasteiger partial charge on any atom is 0.328 e. The molecule has 30 heavy (non-hydrogen) atoms. The van der Waals surface area contributed by atoms with Crippen LogP contribution in [-0.4, -0.2) is 82.1 Å². The van der Waals surface area contributed by atoms with Crippen LogP contribution in [0.5, 0.6) is 0 Å². The second kappa shape index (κ2) is 12.8. The van der Waals surface area contributed by atoms with Crippen molar-refractivity contribution in [2.45, 2.75) is 30.6 Å². The molecule has 0 aliphatic rings. The van der Waals surface area contributed by atoms with Crippen LogP contribution in [0.4, 0.5) is 0 Å². The molecule has 0 bridgehead atoms. The molecular formula is C18H26N4O7S. The van der Waals surface area contributed by atoms with Gasteiger partial charge in [-0.3, -0.25) is 14.4 Å². The Hall–Kier alpha value is -2.67. The number of carboxylic acids is 1. The average molecular weight is 442 g/mol. The third-order valence-corrected chi connectivity index (χ3v) is 4.43. The van der Waals surface area contributed by atoms with E-state index in [-0.39, 0.29) is 12.2 Å². The van der Waals surface area contributed by atoms with Crippen molar-refractivity contribution in [3.63, 3.8) is 0 Å². The Morgan fingerprint density at radius 1 is 0.867 bits per heavy atom. The fraction of sp³-hybridized carbons (Fsp3) is 0.444. The summed E-state index contributed by atoms with van der Waals surface area (Å²) in [6, 6.07) is 3.62. The summed E-state index contributed by atoms with van der Waals surface area (Å²) in [5, 5.41) is 33.9. The van der Waals surface area contributed by atoms with Crippen molar-refractivity contribution in [1.82, 2.24) is 16.0 Å². The first-order valence-corrected chi connectivity index (χ1v) is 9.62. The third kappa shape index (κ3) is 7.99. The number of aliphatic hydroxyl groups is 2. The van der Waals surface area contributed by atoms with E-state index in [0.29, 0.717) is 5.56 Å². The summed E-state index contributed by atoms with van der Waals surface area (Å²) in [6.07, 6.45) is 0.0753. The van der Waals surface area contributed by atoms with Gasteiger partial charge in [0.25, 0.3) is 0 Å². The number of nitrogens with one attached hydrogen (secondary N) is 3. The largest absolute Gasteiger partial charge is 0.480 e. The minimum Gasteiger partial charge on any atom is -0.480 e. The lowest BCUT2D eigenvalue weighted by Crippen LogP contribution is -2.58. The third-order valence-electron chi connectivity index (χ3n) is 4.06. The van der Waals surface area contributed by atoms with Crippen LogP contribution in [0.2, 0.25) is 0 Å². The van der Waals surface area contributed by atoms with Gasteiger partial charge in [-0.25, -0.2) is 4.79 Å². The van der Waals surface area contributed by atoms with Crippen LogP contribution < -0.4 is 21.7 Å². The number of hydrogen-bond acceptors (Lipinski definition) is 8. The quantitative estimate of drug-likeness (QED) is 0.157. The van der Waals surface area contributed by atoms with Gasteiger partial charge in [0.05, 0.1) is 13.2 Å². The van der Waals surface area contributed by atoms with E-state index in [4.69, 9.17) is 21.1 Å². The highest BCUT2D eigenvalue weighted by Crippen LogP contribution is 2.05. The van der Waals surface area contributed by atoms with Crippen LogP contribution in [0, 0.1) is 0 Å². The molecule has 4 atom stereocenters. The smallest absolute Gasteiger partial charge is 0.328 e. The summed E-state index contributed by atoms with van der Waals surface area (Å²) >= 11 is 3.99. The number of amides is 3. The predicted octanol–water partition coefficient (Wildman–Crippen LogP) is -2.99. The molecule has 0 radical (unpaired) electrons. The molecule has 0 aromatic heterocycles. The van der Waals surface area contributed by atoms with Gasteiger partial charge in [0, 0.05) is 12.2 Å². The lowest BCUT2D eigenvalue weighted by atomic mass is 10.0. The first-order chi connectivity index (χ1) is 14.2. The SMILES string of the molecule is NC(CO)C(=O)NC(Cc1ccccc1)C(=O)NC(CS)C(=O)NC(CO)C(=O)O. The normalized spacial score (nSPS) is 14.7. The van der Waals surface area contributed by atoms with Crippen molar-refractivity contribution in [2.75, 3.05) is 19.0 Å². The van der Waals surface area contributed by atoms with E-state index in [2.05, 4.69) is 28.6 Å². The summed E-state index contributed by atoms with van der Waals surface area (Å²) in [5.41, 5.74) is 6.20. The molecule has 0 spiro atoms. The molecule has 8 N–H and O–H groups in total. The molecule has 3 amide bonds. The van der Waals surface area contributed by atoms with Crippen molar-refractivity contribution in [2.24, 2.45) is 5.73 Å². The van der Waals surface area contributed by atoms with Gasteiger partial charge >= 0.3 is 5.97 Å². The van der Waals surface area contributed by atoms with Gasteiger partial charge in [0.15, 0.2) is 0 Å². The van der Waals surface area contributed by atoms with Gasteiger partial charge in [-0.1, -0.05) is 30.3 Å². The molecule has 0 aliphatic heterocycles. The highest BCUT2D eigenvalue weighted by Gasteiger charge is 2.29. The number of aliphatic carboxylic acids is 1. The zero-order valence-corrected chi connectivity index (χ0v) is 16.9. The Labute approximate surface area is 178 Å². The second-order valence-corrected chi connectivity index (χ2v) is 6.73. The molecule has 166 valence electrons. The average Bonchev–Trinajstić information content (AvgIpc) is 2.74. The Balaban J connectivity index is 2.93. The Morgan fingerprint density at radius 2 is 1.40 bits per heavy atom. The minimum atomic E-state index is -1.54. The van der Waals surface area contributed by atoms with Gasteiger partial charge in [-0.05, 0) is 5.56 Å². The fourth-order valence-corrected chi connectivity index (χ4v) is 2.60. The first-order valence-electron chi connectivity index (χ1n) is 8.99. The maximum absolute atomic E-state index is 12.7. The summed E-state index contributed by atoms with van der Waals surface area (Å²) < 4.78 is 0. The topological polar surface area (TPSA) is 191 Å². The second-order valence-electron chi connectivity index (χ2n) is 6.37. The Bertz CT molecular complexity index is 735. The van der Waals surface area contributed by atoms with Gasteiger partial charge in [-0.15, -0.1) is 0 Å². The maximum atomic E-state index is 12.7. The monoisotopic (exact) mass is 442 g/mol. The van der Waals surface area contributed by atoms with E-state index in [0.717, 1.165) is 0 Å². The lowest BCUT2D eigenvalue weighted by molar-refractivity contribution is -0.143. The highest BCUT2D eigenvalue weighted by atomic mass is 32.1. The van der Waals surface area contributed by atoms with Crippen LogP contribution in [0.1, 0.15) is 5.56 Å². The first kappa shape index (κ1) is 25.4. The van der Waals surface area contributed by atoms with Crippen molar-refractivity contribution >= 4 is 36.3 Å². The van der Waals surface area contributed by atoms with Crippen LogP contribution >= 0.6 is 12.6 Å². The van der Waals surface area contributed by atoms with E-state index in [9.17, 15) is 19.2 Å². The molecule has 12 heteroatoms. The number of thiol groups is 1. The molecule has 4 unspecified atom stereocenters. The number of nitrogens with two attached hydrogens (primary N) is 1. The molecule has 11 nitrogen and oxygen atoms in total. The van der Waals surface area contributed by atoms with Gasteiger partial charge in [0.1, 0.15) is 24.2 Å². The number of carboxylic acid groups (broad SMARTS) is 1. The number of rotatable bonds is 12. The van der Waals surface area contributed by atoms with E-state index < -0.39 is 61.1 Å². The standard InChI is InChI=1S/C18H26N4O7S/c19-11(7-23)15(25)20-12(6-10-4-2-1-3-5-10)16(26)22-14(9-30)17(27)21-13(8-24)18(28)29/h1-5,11-14,23-24,30H,6-9,19H2,(H,20,25)(H,21,27)(H,22,26)(H,28,29). The van der Waals surface area contributed by atoms with Crippen molar-refractivity contribution in [3.05, 3.63) is 35.9 Å².